The zero-order valence-electron chi connectivity index (χ0n) is 7.70. The van der Waals surface area contributed by atoms with Crippen LogP contribution in [0.2, 0.25) is 0 Å². The van der Waals surface area contributed by atoms with Crippen molar-refractivity contribution in [1.29, 1.82) is 0 Å². The Morgan fingerprint density at radius 1 is 1.21 bits per heavy atom. The smallest absolute Gasteiger partial charge is 0.177 e. The van der Waals surface area contributed by atoms with Crippen LogP contribution in [0.25, 0.3) is 0 Å². The van der Waals surface area contributed by atoms with Gasteiger partial charge in [-0.2, -0.15) is 0 Å². The van der Waals surface area contributed by atoms with Crippen LogP contribution in [-0.4, -0.2) is 54.1 Å². The summed E-state index contributed by atoms with van der Waals surface area (Å²) in [5.41, 5.74) is 0. The van der Waals surface area contributed by atoms with E-state index < -0.39 is 24.6 Å². The third kappa shape index (κ3) is 1.69. The summed E-state index contributed by atoms with van der Waals surface area (Å²) < 4.78 is 15.8. The second kappa shape index (κ2) is 3.96. The maximum absolute atomic E-state index is 9.64. The molecule has 0 aromatic heterocycles. The van der Waals surface area contributed by atoms with Crippen LogP contribution in [0.1, 0.15) is 0 Å². The number of fused-ring (bicyclic) bond motifs is 1. The predicted molar refractivity (Wildman–Crippen MR) is 46.6 cm³/mol. The molecular weight excluding hydrogens is 188 g/mol. The van der Waals surface area contributed by atoms with E-state index in [1.165, 1.54) is 6.08 Å². The molecule has 2 rings (SSSR count). The highest BCUT2D eigenvalue weighted by Gasteiger charge is 2.43. The number of ether oxygens (including phenoxy) is 3. The van der Waals surface area contributed by atoms with Crippen LogP contribution in [0.3, 0.4) is 0 Å². The molecule has 0 bridgehead atoms. The van der Waals surface area contributed by atoms with Gasteiger partial charge in [0.2, 0.25) is 0 Å². The highest BCUT2D eigenvalue weighted by Crippen LogP contribution is 2.24. The molecule has 5 heteroatoms. The monoisotopic (exact) mass is 202 g/mol. The zero-order valence-corrected chi connectivity index (χ0v) is 7.70. The lowest BCUT2D eigenvalue weighted by Gasteiger charge is -2.42. The van der Waals surface area contributed by atoms with Crippen molar-refractivity contribution in [2.75, 3.05) is 13.2 Å². The van der Waals surface area contributed by atoms with Crippen molar-refractivity contribution in [1.82, 2.24) is 0 Å². The van der Waals surface area contributed by atoms with Gasteiger partial charge in [-0.3, -0.25) is 0 Å². The van der Waals surface area contributed by atoms with Gasteiger partial charge in [-0.1, -0.05) is 6.58 Å². The fourth-order valence-corrected chi connectivity index (χ4v) is 1.67. The highest BCUT2D eigenvalue weighted by molar-refractivity contribution is 4.92. The minimum Gasteiger partial charge on any atom is -0.388 e. The topological polar surface area (TPSA) is 68.2 Å². The van der Waals surface area contributed by atoms with Crippen molar-refractivity contribution in [3.8, 4) is 0 Å². The summed E-state index contributed by atoms with van der Waals surface area (Å²) in [6.45, 7) is 4.00. The first-order chi connectivity index (χ1) is 6.72. The van der Waals surface area contributed by atoms with Crippen molar-refractivity contribution < 1.29 is 24.4 Å². The van der Waals surface area contributed by atoms with E-state index in [1.807, 2.05) is 0 Å². The van der Waals surface area contributed by atoms with Gasteiger partial charge in [0.1, 0.15) is 24.4 Å². The van der Waals surface area contributed by atoms with Gasteiger partial charge >= 0.3 is 0 Å². The number of hydrogen-bond acceptors (Lipinski definition) is 5. The molecule has 0 aromatic carbocycles. The molecule has 0 amide bonds. The van der Waals surface area contributed by atoms with Crippen LogP contribution in [0.15, 0.2) is 12.7 Å². The SMILES string of the molecule is C=C[C@@H]1OC[C@H]2OC[C@H](O)[C@@H](O)[C@@H]2O1. The van der Waals surface area contributed by atoms with Gasteiger partial charge in [0, 0.05) is 0 Å². The minimum atomic E-state index is -0.917. The molecule has 2 N–H and O–H groups in total. The molecule has 80 valence electrons. The number of hydrogen-bond donors (Lipinski definition) is 2. The summed E-state index contributed by atoms with van der Waals surface area (Å²) in [7, 11) is 0. The molecule has 5 nitrogen and oxygen atoms in total. The van der Waals surface area contributed by atoms with Gasteiger partial charge in [0.25, 0.3) is 0 Å². The van der Waals surface area contributed by atoms with Gasteiger partial charge in [-0.15, -0.1) is 0 Å². The van der Waals surface area contributed by atoms with Crippen molar-refractivity contribution in [3.05, 3.63) is 12.7 Å². The molecule has 2 saturated heterocycles. The average molecular weight is 202 g/mol. The first kappa shape index (κ1) is 10.1. The number of rotatable bonds is 1. The first-order valence-corrected chi connectivity index (χ1v) is 4.59. The molecule has 0 spiro atoms. The molecule has 14 heavy (non-hydrogen) atoms. The molecule has 2 aliphatic rings. The van der Waals surface area contributed by atoms with Crippen LogP contribution >= 0.6 is 0 Å². The molecule has 0 aliphatic carbocycles. The van der Waals surface area contributed by atoms with Crippen LogP contribution < -0.4 is 0 Å². The van der Waals surface area contributed by atoms with Gasteiger partial charge in [-0.05, 0) is 6.08 Å². The molecule has 2 fully saturated rings. The lowest BCUT2D eigenvalue weighted by Crippen LogP contribution is -2.59. The van der Waals surface area contributed by atoms with E-state index in [9.17, 15) is 10.2 Å². The quantitative estimate of drug-likeness (QED) is 0.536. The molecule has 2 heterocycles. The normalized spacial score (nSPS) is 48.3. The van der Waals surface area contributed by atoms with Crippen molar-refractivity contribution in [2.45, 2.75) is 30.7 Å². The Labute approximate surface area is 81.9 Å². The van der Waals surface area contributed by atoms with E-state index in [0.29, 0.717) is 6.61 Å². The van der Waals surface area contributed by atoms with Crippen LogP contribution in [0.4, 0.5) is 0 Å². The molecule has 0 aromatic rings. The molecule has 0 radical (unpaired) electrons. The number of aliphatic hydroxyl groups is 2. The molecular formula is C9H14O5. The minimum absolute atomic E-state index is 0.119. The standard InChI is InChI=1S/C9H14O5/c1-2-7-13-4-6-9(14-7)8(11)5(10)3-12-6/h2,5-11H,1,3-4H2/t5-,6+,7+,8+,9+/m0/s1. The van der Waals surface area contributed by atoms with E-state index in [-0.39, 0.29) is 12.7 Å². The van der Waals surface area contributed by atoms with Gasteiger partial charge in [-0.25, -0.2) is 0 Å². The van der Waals surface area contributed by atoms with Gasteiger partial charge < -0.3 is 24.4 Å². The van der Waals surface area contributed by atoms with Crippen LogP contribution in [0, 0.1) is 0 Å². The Balaban J connectivity index is 2.04. The summed E-state index contributed by atoms with van der Waals surface area (Å²) in [6.07, 6.45) is -1.66. The van der Waals surface area contributed by atoms with Crippen LogP contribution in [0.5, 0.6) is 0 Å². The summed E-state index contributed by atoms with van der Waals surface area (Å²) in [6, 6.07) is 0. The Hall–Kier alpha value is -0.460. The predicted octanol–water partition coefficient (Wildman–Crippen LogP) is -0.966. The van der Waals surface area contributed by atoms with Gasteiger partial charge in [0.15, 0.2) is 6.29 Å². The number of aliphatic hydroxyl groups excluding tert-OH is 2. The van der Waals surface area contributed by atoms with Crippen LogP contribution in [-0.2, 0) is 14.2 Å². The zero-order chi connectivity index (χ0) is 10.1. The third-order valence-electron chi connectivity index (χ3n) is 2.49. The Morgan fingerprint density at radius 3 is 2.71 bits per heavy atom. The van der Waals surface area contributed by atoms with E-state index in [0.717, 1.165) is 0 Å². The Bertz CT molecular complexity index is 217. The first-order valence-electron chi connectivity index (χ1n) is 4.59. The van der Waals surface area contributed by atoms with Crippen molar-refractivity contribution in [2.24, 2.45) is 0 Å². The third-order valence-corrected chi connectivity index (χ3v) is 2.49. The highest BCUT2D eigenvalue weighted by atomic mass is 16.7. The van der Waals surface area contributed by atoms with Crippen molar-refractivity contribution >= 4 is 0 Å². The van der Waals surface area contributed by atoms with E-state index >= 15 is 0 Å². The maximum Gasteiger partial charge on any atom is 0.177 e. The Kier molecular flexibility index (Phi) is 2.85. The second-order valence-electron chi connectivity index (χ2n) is 3.47. The second-order valence-corrected chi connectivity index (χ2v) is 3.47. The molecule has 0 saturated carbocycles. The van der Waals surface area contributed by atoms with E-state index in [2.05, 4.69) is 6.58 Å². The maximum atomic E-state index is 9.64. The fraction of sp³-hybridized carbons (Fsp3) is 0.778. The Morgan fingerprint density at radius 2 is 2.00 bits per heavy atom. The fourth-order valence-electron chi connectivity index (χ4n) is 1.67. The molecule has 2 aliphatic heterocycles. The molecule has 5 atom stereocenters. The largest absolute Gasteiger partial charge is 0.388 e. The summed E-state index contributed by atoms with van der Waals surface area (Å²) >= 11 is 0. The lowest BCUT2D eigenvalue weighted by atomic mass is 9.99. The summed E-state index contributed by atoms with van der Waals surface area (Å²) in [4.78, 5) is 0. The molecule has 0 unspecified atom stereocenters. The summed E-state index contributed by atoms with van der Waals surface area (Å²) in [5.74, 6) is 0. The summed E-state index contributed by atoms with van der Waals surface area (Å²) in [5, 5.41) is 19.0. The average Bonchev–Trinajstić information content (AvgIpc) is 2.23. The van der Waals surface area contributed by atoms with Gasteiger partial charge in [0.05, 0.1) is 13.2 Å². The van der Waals surface area contributed by atoms with E-state index in [1.54, 1.807) is 0 Å². The van der Waals surface area contributed by atoms with E-state index in [4.69, 9.17) is 14.2 Å². The van der Waals surface area contributed by atoms with Crippen molar-refractivity contribution in [3.63, 3.8) is 0 Å². The lowest BCUT2D eigenvalue weighted by molar-refractivity contribution is -0.297.